The highest BCUT2D eigenvalue weighted by atomic mass is 16.6. The van der Waals surface area contributed by atoms with E-state index in [2.05, 4.69) is 26.2 Å². The molecule has 2 aliphatic rings. The first kappa shape index (κ1) is 30.2. The standard InChI is InChI=1S/C29H35N7O6/c1-29(2,3)42-28(41)31-15-14-30-25(38)17-35(4)19-10-8-18(9-11-19)33-34-22-7-5-6-20-21(22)16-36(27(20)40)23-12-13-24(37)32-26(23)39/h5-11,23H,12-17H2,1-4H3,(H,30,38)(H,31,41)(H,32,37,39)/b34-33+. The number of anilines is 1. The first-order valence-corrected chi connectivity index (χ1v) is 13.6. The smallest absolute Gasteiger partial charge is 0.407 e. The molecule has 0 spiro atoms. The minimum absolute atomic E-state index is 0.112. The summed E-state index contributed by atoms with van der Waals surface area (Å²) < 4.78 is 5.15. The van der Waals surface area contributed by atoms with E-state index >= 15 is 0 Å². The van der Waals surface area contributed by atoms with Gasteiger partial charge in [-0.2, -0.15) is 10.2 Å². The fourth-order valence-electron chi connectivity index (χ4n) is 4.59. The van der Waals surface area contributed by atoms with E-state index in [9.17, 15) is 24.0 Å². The molecule has 0 aromatic heterocycles. The van der Waals surface area contributed by atoms with Crippen molar-refractivity contribution in [1.29, 1.82) is 0 Å². The van der Waals surface area contributed by atoms with Crippen molar-refractivity contribution in [2.45, 2.75) is 51.8 Å². The number of likely N-dealkylation sites (N-methyl/N-ethyl adjacent to an activating group) is 1. The van der Waals surface area contributed by atoms with Crippen molar-refractivity contribution in [2.24, 2.45) is 10.2 Å². The summed E-state index contributed by atoms with van der Waals surface area (Å²) in [6.45, 7) is 6.16. The van der Waals surface area contributed by atoms with Gasteiger partial charge in [-0.05, 0) is 63.6 Å². The Hall–Kier alpha value is -4.81. The van der Waals surface area contributed by atoms with Crippen molar-refractivity contribution in [2.75, 3.05) is 31.6 Å². The number of hydrogen-bond donors (Lipinski definition) is 3. The fourth-order valence-corrected chi connectivity index (χ4v) is 4.59. The highest BCUT2D eigenvalue weighted by Gasteiger charge is 2.39. The number of carbonyl (C=O) groups excluding carboxylic acids is 5. The normalized spacial score (nSPS) is 16.7. The number of ether oxygens (including phenoxy) is 1. The van der Waals surface area contributed by atoms with Gasteiger partial charge in [0.2, 0.25) is 17.7 Å². The molecule has 13 nitrogen and oxygen atoms in total. The maximum Gasteiger partial charge on any atom is 0.407 e. The van der Waals surface area contributed by atoms with Crippen molar-refractivity contribution < 1.29 is 28.7 Å². The first-order valence-electron chi connectivity index (χ1n) is 13.6. The largest absolute Gasteiger partial charge is 0.444 e. The molecular weight excluding hydrogens is 542 g/mol. The predicted octanol–water partition coefficient (Wildman–Crippen LogP) is 2.94. The number of rotatable bonds is 9. The van der Waals surface area contributed by atoms with Crippen LogP contribution in [0.5, 0.6) is 0 Å². The predicted molar refractivity (Wildman–Crippen MR) is 154 cm³/mol. The summed E-state index contributed by atoms with van der Waals surface area (Å²) >= 11 is 0. The van der Waals surface area contributed by atoms with Crippen molar-refractivity contribution in [3.63, 3.8) is 0 Å². The van der Waals surface area contributed by atoms with Crippen LogP contribution in [0.2, 0.25) is 0 Å². The van der Waals surface area contributed by atoms with Gasteiger partial charge < -0.3 is 25.2 Å². The summed E-state index contributed by atoms with van der Waals surface area (Å²) in [5.41, 5.74) is 2.45. The van der Waals surface area contributed by atoms with Crippen LogP contribution >= 0.6 is 0 Å². The molecule has 1 fully saturated rings. The topological polar surface area (TPSA) is 162 Å². The van der Waals surface area contributed by atoms with Crippen molar-refractivity contribution in [3.05, 3.63) is 53.6 Å². The average molecular weight is 578 g/mol. The summed E-state index contributed by atoms with van der Waals surface area (Å²) in [5, 5.41) is 16.3. The third-order valence-electron chi connectivity index (χ3n) is 6.62. The van der Waals surface area contributed by atoms with E-state index in [0.29, 0.717) is 22.5 Å². The van der Waals surface area contributed by atoms with E-state index in [-0.39, 0.29) is 56.7 Å². The Bertz CT molecular complexity index is 1400. The minimum Gasteiger partial charge on any atom is -0.444 e. The molecule has 2 aromatic rings. The lowest BCUT2D eigenvalue weighted by molar-refractivity contribution is -0.137. The van der Waals surface area contributed by atoms with Crippen molar-refractivity contribution >= 4 is 46.8 Å². The molecule has 0 aliphatic carbocycles. The molecule has 2 aromatic carbocycles. The van der Waals surface area contributed by atoms with Crippen molar-refractivity contribution in [1.82, 2.24) is 20.9 Å². The minimum atomic E-state index is -0.701. The number of alkyl carbamates (subject to hydrolysis) is 1. The highest BCUT2D eigenvalue weighted by molar-refractivity contribution is 6.06. The fraction of sp³-hybridized carbons (Fsp3) is 0.414. The molecule has 2 aliphatic heterocycles. The lowest BCUT2D eigenvalue weighted by Crippen LogP contribution is -2.52. The Morgan fingerprint density at radius 3 is 2.45 bits per heavy atom. The summed E-state index contributed by atoms with van der Waals surface area (Å²) in [6, 6.07) is 11.6. The third-order valence-corrected chi connectivity index (χ3v) is 6.62. The Balaban J connectivity index is 1.29. The molecular formula is C29H35N7O6. The first-order chi connectivity index (χ1) is 19.9. The number of nitrogens with zero attached hydrogens (tertiary/aromatic N) is 4. The summed E-state index contributed by atoms with van der Waals surface area (Å²) in [7, 11) is 1.79. The lowest BCUT2D eigenvalue weighted by atomic mass is 10.0. The zero-order chi connectivity index (χ0) is 30.4. The van der Waals surface area contributed by atoms with Crippen LogP contribution in [0.1, 0.15) is 49.5 Å². The monoisotopic (exact) mass is 577 g/mol. The summed E-state index contributed by atoms with van der Waals surface area (Å²) in [6.07, 6.45) is -0.0631. The van der Waals surface area contributed by atoms with Gasteiger partial charge in [0.05, 0.1) is 17.9 Å². The number of azo groups is 1. The van der Waals surface area contributed by atoms with Crippen LogP contribution in [0.25, 0.3) is 0 Å². The molecule has 222 valence electrons. The van der Waals surface area contributed by atoms with Gasteiger partial charge in [-0.1, -0.05) is 6.07 Å². The van der Waals surface area contributed by atoms with Crippen LogP contribution in [0.15, 0.2) is 52.7 Å². The van der Waals surface area contributed by atoms with Gasteiger partial charge in [0, 0.05) is 49.9 Å². The van der Waals surface area contributed by atoms with E-state index < -0.39 is 23.6 Å². The van der Waals surface area contributed by atoms with Gasteiger partial charge in [0.25, 0.3) is 5.91 Å². The number of amides is 5. The molecule has 4 rings (SSSR count). The summed E-state index contributed by atoms with van der Waals surface area (Å²) in [4.78, 5) is 64.1. The number of fused-ring (bicyclic) bond motifs is 1. The maximum absolute atomic E-state index is 13.0. The lowest BCUT2D eigenvalue weighted by Gasteiger charge is -2.29. The second kappa shape index (κ2) is 12.8. The number of carbonyl (C=O) groups is 5. The zero-order valence-corrected chi connectivity index (χ0v) is 24.1. The summed E-state index contributed by atoms with van der Waals surface area (Å²) in [5.74, 6) is -1.27. The molecule has 42 heavy (non-hydrogen) atoms. The molecule has 0 bridgehead atoms. The molecule has 1 unspecified atom stereocenters. The Morgan fingerprint density at radius 1 is 1.05 bits per heavy atom. The van der Waals surface area contributed by atoms with Gasteiger partial charge >= 0.3 is 6.09 Å². The van der Waals surface area contributed by atoms with E-state index in [1.807, 2.05) is 12.1 Å². The molecule has 5 amide bonds. The van der Waals surface area contributed by atoms with Gasteiger partial charge in [0.15, 0.2) is 0 Å². The highest BCUT2D eigenvalue weighted by Crippen LogP contribution is 2.34. The van der Waals surface area contributed by atoms with Crippen LogP contribution in [-0.2, 0) is 25.7 Å². The van der Waals surface area contributed by atoms with Gasteiger partial charge in [0.1, 0.15) is 11.6 Å². The number of benzene rings is 2. The number of nitrogens with one attached hydrogen (secondary N) is 3. The SMILES string of the molecule is CN(CC(=O)NCCNC(=O)OC(C)(C)C)c1ccc(/N=N/c2cccc3c2CN(C2CCC(=O)NC2=O)C3=O)cc1. The van der Waals surface area contributed by atoms with E-state index in [0.717, 1.165) is 5.69 Å². The molecule has 3 N–H and O–H groups in total. The number of hydrogen-bond acceptors (Lipinski definition) is 9. The Kier molecular flexibility index (Phi) is 9.18. The molecule has 13 heteroatoms. The van der Waals surface area contributed by atoms with E-state index in [4.69, 9.17) is 4.74 Å². The maximum atomic E-state index is 13.0. The third kappa shape index (κ3) is 7.68. The number of piperidine rings is 1. The van der Waals surface area contributed by atoms with E-state index in [1.165, 1.54) is 4.90 Å². The second-order valence-electron chi connectivity index (χ2n) is 11.1. The van der Waals surface area contributed by atoms with Crippen LogP contribution in [0.4, 0.5) is 21.9 Å². The van der Waals surface area contributed by atoms with Crippen LogP contribution in [0.3, 0.4) is 0 Å². The van der Waals surface area contributed by atoms with Crippen molar-refractivity contribution in [3.8, 4) is 0 Å². The molecule has 2 heterocycles. The molecule has 0 radical (unpaired) electrons. The van der Waals surface area contributed by atoms with Gasteiger partial charge in [-0.25, -0.2) is 4.79 Å². The number of imide groups is 1. The van der Waals surface area contributed by atoms with E-state index in [1.54, 1.807) is 63.1 Å². The Labute approximate surface area is 243 Å². The van der Waals surface area contributed by atoms with Crippen LogP contribution < -0.4 is 20.9 Å². The van der Waals surface area contributed by atoms with Crippen LogP contribution in [0, 0.1) is 0 Å². The zero-order valence-electron chi connectivity index (χ0n) is 24.1. The second-order valence-corrected chi connectivity index (χ2v) is 11.1. The van der Waals surface area contributed by atoms with Gasteiger partial charge in [-0.3, -0.25) is 24.5 Å². The quantitative estimate of drug-likeness (QED) is 0.234. The average Bonchev–Trinajstić information content (AvgIpc) is 3.26. The molecule has 0 saturated carbocycles. The van der Waals surface area contributed by atoms with Gasteiger partial charge in [-0.15, -0.1) is 0 Å². The Morgan fingerprint density at radius 2 is 1.76 bits per heavy atom. The molecule has 1 saturated heterocycles. The molecule has 1 atom stereocenters. The van der Waals surface area contributed by atoms with Crippen LogP contribution in [-0.4, -0.2) is 72.9 Å².